The van der Waals surface area contributed by atoms with Crippen LogP contribution in [0.5, 0.6) is 11.5 Å². The van der Waals surface area contributed by atoms with Crippen molar-refractivity contribution in [2.75, 3.05) is 12.9 Å². The van der Waals surface area contributed by atoms with Gasteiger partial charge in [-0.3, -0.25) is 4.79 Å². The van der Waals surface area contributed by atoms with Gasteiger partial charge in [-0.1, -0.05) is 37.4 Å². The molecule has 1 amide bonds. The minimum atomic E-state index is 0.0728. The number of carbonyl (C=O) groups excluding carboxylic acids is 1. The standard InChI is InChI=1S/C21H30N4O3S/c1-3-25-19(14-28-18-12-10-17(27-2)11-13-18)23-24-21(25)29-15-20(26)22-16-8-6-4-5-7-9-16/h10-13,16H,3-9,14-15H2,1-2H3,(H,22,26). The van der Waals surface area contributed by atoms with Gasteiger partial charge in [-0.15, -0.1) is 10.2 Å². The number of thioether (sulfide) groups is 1. The van der Waals surface area contributed by atoms with E-state index in [1.165, 1.54) is 37.4 Å². The van der Waals surface area contributed by atoms with Gasteiger partial charge < -0.3 is 19.4 Å². The van der Waals surface area contributed by atoms with Crippen LogP contribution in [0.4, 0.5) is 0 Å². The molecule has 1 heterocycles. The molecule has 1 saturated carbocycles. The summed E-state index contributed by atoms with van der Waals surface area (Å²) in [5, 5.41) is 12.4. The highest BCUT2D eigenvalue weighted by molar-refractivity contribution is 7.99. The van der Waals surface area contributed by atoms with Crippen LogP contribution in [0, 0.1) is 0 Å². The van der Waals surface area contributed by atoms with Crippen molar-refractivity contribution in [1.29, 1.82) is 0 Å². The highest BCUT2D eigenvalue weighted by Crippen LogP contribution is 2.21. The van der Waals surface area contributed by atoms with Crippen molar-refractivity contribution in [1.82, 2.24) is 20.1 Å². The molecule has 3 rings (SSSR count). The first-order valence-corrected chi connectivity index (χ1v) is 11.3. The molecule has 0 saturated heterocycles. The summed E-state index contributed by atoms with van der Waals surface area (Å²) in [5.74, 6) is 2.70. The Balaban J connectivity index is 1.50. The number of nitrogens with zero attached hydrogens (tertiary/aromatic N) is 3. The van der Waals surface area contributed by atoms with Crippen LogP contribution in [0.25, 0.3) is 0 Å². The largest absolute Gasteiger partial charge is 0.497 e. The van der Waals surface area contributed by atoms with E-state index in [-0.39, 0.29) is 5.91 Å². The number of amides is 1. The second kappa shape index (κ2) is 11.1. The molecule has 0 bridgehead atoms. The van der Waals surface area contributed by atoms with E-state index in [2.05, 4.69) is 15.5 Å². The van der Waals surface area contributed by atoms with Crippen molar-refractivity contribution in [2.24, 2.45) is 0 Å². The smallest absolute Gasteiger partial charge is 0.230 e. The number of carbonyl (C=O) groups is 1. The summed E-state index contributed by atoms with van der Waals surface area (Å²) >= 11 is 1.43. The van der Waals surface area contributed by atoms with Crippen molar-refractivity contribution in [3.05, 3.63) is 30.1 Å². The summed E-state index contributed by atoms with van der Waals surface area (Å²) in [6, 6.07) is 7.75. The quantitative estimate of drug-likeness (QED) is 0.493. The fourth-order valence-electron chi connectivity index (χ4n) is 3.49. The summed E-state index contributed by atoms with van der Waals surface area (Å²) < 4.78 is 13.0. The molecule has 29 heavy (non-hydrogen) atoms. The predicted molar refractivity (Wildman–Crippen MR) is 113 cm³/mol. The maximum absolute atomic E-state index is 12.3. The molecule has 1 aromatic carbocycles. The first-order valence-electron chi connectivity index (χ1n) is 10.3. The van der Waals surface area contributed by atoms with Crippen molar-refractivity contribution >= 4 is 17.7 Å². The van der Waals surface area contributed by atoms with E-state index >= 15 is 0 Å². The van der Waals surface area contributed by atoms with Crippen LogP contribution >= 0.6 is 11.8 Å². The lowest BCUT2D eigenvalue weighted by molar-refractivity contribution is -0.119. The number of nitrogens with one attached hydrogen (secondary N) is 1. The Morgan fingerprint density at radius 1 is 1.14 bits per heavy atom. The van der Waals surface area contributed by atoms with Gasteiger partial charge in [0.15, 0.2) is 11.0 Å². The molecule has 0 unspecified atom stereocenters. The Kier molecular flexibility index (Phi) is 8.22. The van der Waals surface area contributed by atoms with E-state index in [1.807, 2.05) is 35.8 Å². The van der Waals surface area contributed by atoms with E-state index in [0.717, 1.165) is 41.9 Å². The molecule has 1 aliphatic carbocycles. The SMILES string of the molecule is CCn1c(COc2ccc(OC)cc2)nnc1SCC(=O)NC1CCCCCC1. The van der Waals surface area contributed by atoms with Gasteiger partial charge in [-0.05, 0) is 44.0 Å². The summed E-state index contributed by atoms with van der Waals surface area (Å²) in [7, 11) is 1.63. The maximum atomic E-state index is 12.3. The number of ether oxygens (including phenoxy) is 2. The van der Waals surface area contributed by atoms with Gasteiger partial charge in [0.25, 0.3) is 0 Å². The van der Waals surface area contributed by atoms with Crippen molar-refractivity contribution < 1.29 is 14.3 Å². The summed E-state index contributed by atoms with van der Waals surface area (Å²) in [6.45, 7) is 3.08. The third-order valence-corrected chi connectivity index (χ3v) is 6.06. The first kappa shape index (κ1) is 21.5. The molecule has 1 aliphatic rings. The van der Waals surface area contributed by atoms with Gasteiger partial charge >= 0.3 is 0 Å². The number of hydrogen-bond donors (Lipinski definition) is 1. The van der Waals surface area contributed by atoms with Crippen LogP contribution in [0.3, 0.4) is 0 Å². The van der Waals surface area contributed by atoms with Gasteiger partial charge in [0.1, 0.15) is 18.1 Å². The average molecular weight is 419 g/mol. The molecule has 0 atom stereocenters. The monoisotopic (exact) mass is 418 g/mol. The number of benzene rings is 1. The topological polar surface area (TPSA) is 78.3 Å². The van der Waals surface area contributed by atoms with E-state index in [1.54, 1.807) is 7.11 Å². The molecule has 2 aromatic rings. The molecular formula is C21H30N4O3S. The fourth-order valence-corrected chi connectivity index (χ4v) is 4.33. The van der Waals surface area contributed by atoms with E-state index in [9.17, 15) is 4.79 Å². The molecular weight excluding hydrogens is 388 g/mol. The van der Waals surface area contributed by atoms with Crippen molar-refractivity contribution in [3.8, 4) is 11.5 Å². The molecule has 8 heteroatoms. The zero-order chi connectivity index (χ0) is 20.5. The highest BCUT2D eigenvalue weighted by Gasteiger charge is 2.17. The Bertz CT molecular complexity index is 771. The zero-order valence-corrected chi connectivity index (χ0v) is 18.0. The molecule has 0 aliphatic heterocycles. The lowest BCUT2D eigenvalue weighted by Crippen LogP contribution is -2.35. The maximum Gasteiger partial charge on any atom is 0.230 e. The van der Waals surface area contributed by atoms with Crippen molar-refractivity contribution in [2.45, 2.75) is 69.8 Å². The van der Waals surface area contributed by atoms with E-state index in [4.69, 9.17) is 9.47 Å². The highest BCUT2D eigenvalue weighted by atomic mass is 32.2. The first-order chi connectivity index (χ1) is 14.2. The summed E-state index contributed by atoms with van der Waals surface area (Å²) in [6.07, 6.45) is 7.16. The number of aromatic nitrogens is 3. The number of methoxy groups -OCH3 is 1. The molecule has 158 valence electrons. The second-order valence-electron chi connectivity index (χ2n) is 7.15. The number of rotatable bonds is 9. The van der Waals surface area contributed by atoms with Crippen LogP contribution < -0.4 is 14.8 Å². The van der Waals surface area contributed by atoms with Crippen LogP contribution in [0.2, 0.25) is 0 Å². The molecule has 1 N–H and O–H groups in total. The summed E-state index contributed by atoms with van der Waals surface area (Å²) in [4.78, 5) is 12.3. The Morgan fingerprint density at radius 3 is 2.48 bits per heavy atom. The third kappa shape index (κ3) is 6.39. The van der Waals surface area contributed by atoms with Crippen LogP contribution in [0.1, 0.15) is 51.3 Å². The molecule has 1 aromatic heterocycles. The molecule has 7 nitrogen and oxygen atoms in total. The average Bonchev–Trinajstić information content (AvgIpc) is 2.96. The Labute approximate surface area is 176 Å². The normalized spacial score (nSPS) is 15.0. The second-order valence-corrected chi connectivity index (χ2v) is 8.09. The summed E-state index contributed by atoms with van der Waals surface area (Å²) in [5.41, 5.74) is 0. The van der Waals surface area contributed by atoms with Gasteiger partial charge in [0, 0.05) is 12.6 Å². The van der Waals surface area contributed by atoms with Crippen LogP contribution in [-0.2, 0) is 17.9 Å². The van der Waals surface area contributed by atoms with Crippen LogP contribution in [-0.4, -0.2) is 39.6 Å². The lowest BCUT2D eigenvalue weighted by Gasteiger charge is -2.16. The number of hydrogen-bond acceptors (Lipinski definition) is 6. The van der Waals surface area contributed by atoms with Gasteiger partial charge in [-0.25, -0.2) is 0 Å². The van der Waals surface area contributed by atoms with E-state index in [0.29, 0.717) is 18.4 Å². The minimum Gasteiger partial charge on any atom is -0.497 e. The van der Waals surface area contributed by atoms with Gasteiger partial charge in [0.2, 0.25) is 5.91 Å². The van der Waals surface area contributed by atoms with E-state index < -0.39 is 0 Å². The molecule has 1 fully saturated rings. The van der Waals surface area contributed by atoms with Gasteiger partial charge in [0.05, 0.1) is 12.9 Å². The zero-order valence-electron chi connectivity index (χ0n) is 17.2. The van der Waals surface area contributed by atoms with Crippen LogP contribution in [0.15, 0.2) is 29.4 Å². The van der Waals surface area contributed by atoms with Crippen molar-refractivity contribution in [3.63, 3.8) is 0 Å². The Morgan fingerprint density at radius 2 is 1.83 bits per heavy atom. The van der Waals surface area contributed by atoms with Gasteiger partial charge in [-0.2, -0.15) is 0 Å². The predicted octanol–water partition coefficient (Wildman–Crippen LogP) is 3.82. The lowest BCUT2D eigenvalue weighted by atomic mass is 10.1. The minimum absolute atomic E-state index is 0.0728. The molecule has 0 spiro atoms. The Hall–Kier alpha value is -2.22. The third-order valence-electron chi connectivity index (χ3n) is 5.09. The fraction of sp³-hybridized carbons (Fsp3) is 0.571. The molecule has 0 radical (unpaired) electrons.